The summed E-state index contributed by atoms with van der Waals surface area (Å²) in [6, 6.07) is 8.59. The molecule has 74 valence electrons. The van der Waals surface area contributed by atoms with Crippen molar-refractivity contribution >= 4 is 0 Å². The zero-order chi connectivity index (χ0) is 10.2. The summed E-state index contributed by atoms with van der Waals surface area (Å²) >= 11 is 0. The van der Waals surface area contributed by atoms with Gasteiger partial charge in [-0.2, -0.15) is 0 Å². The zero-order valence-corrected chi connectivity index (χ0v) is 8.72. The van der Waals surface area contributed by atoms with E-state index < -0.39 is 0 Å². The predicted octanol–water partition coefficient (Wildman–Crippen LogP) is 2.50. The van der Waals surface area contributed by atoms with Gasteiger partial charge in [-0.15, -0.1) is 12.3 Å². The SMILES string of the molecule is C#CCCCNCc1ccc(C)cc1. The summed E-state index contributed by atoms with van der Waals surface area (Å²) in [6.07, 6.45) is 7.08. The summed E-state index contributed by atoms with van der Waals surface area (Å²) in [6.45, 7) is 4.03. The third kappa shape index (κ3) is 4.11. The Kier molecular flexibility index (Phi) is 4.82. The van der Waals surface area contributed by atoms with Crippen molar-refractivity contribution in [3.8, 4) is 12.3 Å². The Labute approximate surface area is 86.5 Å². The van der Waals surface area contributed by atoms with Crippen molar-refractivity contribution in [1.82, 2.24) is 5.32 Å². The van der Waals surface area contributed by atoms with E-state index in [-0.39, 0.29) is 0 Å². The van der Waals surface area contributed by atoms with Crippen LogP contribution in [0.4, 0.5) is 0 Å². The minimum Gasteiger partial charge on any atom is -0.313 e. The van der Waals surface area contributed by atoms with E-state index in [2.05, 4.69) is 42.4 Å². The van der Waals surface area contributed by atoms with Crippen LogP contribution in [-0.4, -0.2) is 6.54 Å². The van der Waals surface area contributed by atoms with Crippen molar-refractivity contribution < 1.29 is 0 Å². The van der Waals surface area contributed by atoms with Gasteiger partial charge in [0.2, 0.25) is 0 Å². The minimum atomic E-state index is 0.862. The quantitative estimate of drug-likeness (QED) is 0.551. The summed E-state index contributed by atoms with van der Waals surface area (Å²) in [5, 5.41) is 3.36. The highest BCUT2D eigenvalue weighted by atomic mass is 14.8. The van der Waals surface area contributed by atoms with Gasteiger partial charge in [0.25, 0.3) is 0 Å². The average molecular weight is 187 g/mol. The Morgan fingerprint density at radius 2 is 2.00 bits per heavy atom. The fraction of sp³-hybridized carbons (Fsp3) is 0.385. The van der Waals surface area contributed by atoms with Gasteiger partial charge in [-0.3, -0.25) is 0 Å². The lowest BCUT2D eigenvalue weighted by Crippen LogP contribution is -2.14. The molecule has 0 saturated carbocycles. The molecule has 0 unspecified atom stereocenters. The van der Waals surface area contributed by atoms with Gasteiger partial charge in [0.15, 0.2) is 0 Å². The summed E-state index contributed by atoms with van der Waals surface area (Å²) in [7, 11) is 0. The highest BCUT2D eigenvalue weighted by Crippen LogP contribution is 2.02. The number of terminal acetylenes is 1. The molecule has 1 heteroatoms. The number of rotatable bonds is 5. The summed E-state index contributed by atoms with van der Waals surface area (Å²) < 4.78 is 0. The van der Waals surface area contributed by atoms with Crippen LogP contribution in [0.2, 0.25) is 0 Å². The lowest BCUT2D eigenvalue weighted by atomic mass is 10.1. The molecule has 0 radical (unpaired) electrons. The molecule has 0 aromatic heterocycles. The third-order valence-corrected chi connectivity index (χ3v) is 2.12. The number of nitrogens with one attached hydrogen (secondary N) is 1. The maximum atomic E-state index is 5.16. The fourth-order valence-electron chi connectivity index (χ4n) is 1.25. The molecule has 0 aliphatic heterocycles. The predicted molar refractivity (Wildman–Crippen MR) is 61.0 cm³/mol. The van der Waals surface area contributed by atoms with Crippen molar-refractivity contribution in [1.29, 1.82) is 0 Å². The molecule has 14 heavy (non-hydrogen) atoms. The first kappa shape index (κ1) is 10.8. The molecule has 1 aromatic carbocycles. The van der Waals surface area contributed by atoms with E-state index in [0.29, 0.717) is 0 Å². The van der Waals surface area contributed by atoms with Gasteiger partial charge in [0.1, 0.15) is 0 Å². The topological polar surface area (TPSA) is 12.0 Å². The molecule has 0 amide bonds. The van der Waals surface area contributed by atoms with Crippen molar-refractivity contribution in [2.24, 2.45) is 0 Å². The van der Waals surface area contributed by atoms with Crippen LogP contribution in [0.3, 0.4) is 0 Å². The highest BCUT2D eigenvalue weighted by Gasteiger charge is 1.91. The van der Waals surface area contributed by atoms with Crippen LogP contribution in [-0.2, 0) is 6.54 Å². The molecule has 0 atom stereocenters. The molecule has 0 saturated heterocycles. The largest absolute Gasteiger partial charge is 0.313 e. The third-order valence-electron chi connectivity index (χ3n) is 2.12. The smallest absolute Gasteiger partial charge is 0.0205 e. The second kappa shape index (κ2) is 6.23. The summed E-state index contributed by atoms with van der Waals surface area (Å²) in [5.74, 6) is 2.63. The number of aryl methyl sites for hydroxylation is 1. The van der Waals surface area contributed by atoms with Crippen LogP contribution in [0, 0.1) is 19.3 Å². The van der Waals surface area contributed by atoms with Crippen molar-refractivity contribution in [3.05, 3.63) is 35.4 Å². The first-order chi connectivity index (χ1) is 6.83. The molecule has 0 bridgehead atoms. The summed E-state index contributed by atoms with van der Waals surface area (Å²) in [5.41, 5.74) is 2.64. The number of hydrogen-bond donors (Lipinski definition) is 1. The lowest BCUT2D eigenvalue weighted by Gasteiger charge is -2.03. The maximum Gasteiger partial charge on any atom is 0.0205 e. The molecule has 0 spiro atoms. The van der Waals surface area contributed by atoms with Gasteiger partial charge in [0.05, 0.1) is 0 Å². The van der Waals surface area contributed by atoms with Crippen molar-refractivity contribution in [2.75, 3.05) is 6.54 Å². The molecule has 0 aliphatic rings. The molecule has 0 fully saturated rings. The van der Waals surface area contributed by atoms with E-state index in [9.17, 15) is 0 Å². The van der Waals surface area contributed by atoms with Crippen molar-refractivity contribution in [3.63, 3.8) is 0 Å². The van der Waals surface area contributed by atoms with Crippen LogP contribution in [0.15, 0.2) is 24.3 Å². The normalized spacial score (nSPS) is 9.71. The van der Waals surface area contributed by atoms with Gasteiger partial charge in [-0.05, 0) is 25.5 Å². The zero-order valence-electron chi connectivity index (χ0n) is 8.72. The van der Waals surface area contributed by atoms with Crippen molar-refractivity contribution in [2.45, 2.75) is 26.3 Å². The Morgan fingerprint density at radius 1 is 1.29 bits per heavy atom. The van der Waals surface area contributed by atoms with E-state index in [0.717, 1.165) is 25.9 Å². The van der Waals surface area contributed by atoms with E-state index in [1.54, 1.807) is 0 Å². The first-order valence-electron chi connectivity index (χ1n) is 5.02. The maximum absolute atomic E-state index is 5.16. The number of hydrogen-bond acceptors (Lipinski definition) is 1. The Bertz CT molecular complexity index is 292. The Balaban J connectivity index is 2.19. The minimum absolute atomic E-state index is 0.862. The van der Waals surface area contributed by atoms with Gasteiger partial charge in [0, 0.05) is 13.0 Å². The van der Waals surface area contributed by atoms with E-state index in [4.69, 9.17) is 6.42 Å². The molecular weight excluding hydrogens is 170 g/mol. The molecular formula is C13H17N. The van der Waals surface area contributed by atoms with Gasteiger partial charge < -0.3 is 5.32 Å². The lowest BCUT2D eigenvalue weighted by molar-refractivity contribution is 0.659. The second-order valence-electron chi connectivity index (χ2n) is 3.47. The van der Waals surface area contributed by atoms with Crippen LogP contribution in [0.1, 0.15) is 24.0 Å². The molecule has 1 N–H and O–H groups in total. The molecule has 0 heterocycles. The van der Waals surface area contributed by atoms with Gasteiger partial charge in [-0.25, -0.2) is 0 Å². The molecule has 1 rings (SSSR count). The second-order valence-corrected chi connectivity index (χ2v) is 3.47. The standard InChI is InChI=1S/C13H17N/c1-3-4-5-10-14-11-13-8-6-12(2)7-9-13/h1,6-9,14H,4-5,10-11H2,2H3. The number of unbranched alkanes of at least 4 members (excludes halogenated alkanes) is 1. The van der Waals surface area contributed by atoms with Crippen LogP contribution in [0.5, 0.6) is 0 Å². The average Bonchev–Trinajstić information content (AvgIpc) is 2.21. The Hall–Kier alpha value is -1.26. The summed E-state index contributed by atoms with van der Waals surface area (Å²) in [4.78, 5) is 0. The number of benzene rings is 1. The Morgan fingerprint density at radius 3 is 2.64 bits per heavy atom. The van der Waals surface area contributed by atoms with Crippen LogP contribution >= 0.6 is 0 Å². The van der Waals surface area contributed by atoms with Gasteiger partial charge >= 0.3 is 0 Å². The van der Waals surface area contributed by atoms with E-state index >= 15 is 0 Å². The van der Waals surface area contributed by atoms with Crippen LogP contribution in [0.25, 0.3) is 0 Å². The van der Waals surface area contributed by atoms with Crippen LogP contribution < -0.4 is 5.32 Å². The first-order valence-corrected chi connectivity index (χ1v) is 5.02. The van der Waals surface area contributed by atoms with Gasteiger partial charge in [-0.1, -0.05) is 29.8 Å². The van der Waals surface area contributed by atoms with E-state index in [1.165, 1.54) is 11.1 Å². The molecule has 1 aromatic rings. The molecule has 1 nitrogen and oxygen atoms in total. The molecule has 0 aliphatic carbocycles. The monoisotopic (exact) mass is 187 g/mol. The van der Waals surface area contributed by atoms with E-state index in [1.807, 2.05) is 0 Å². The fourth-order valence-corrected chi connectivity index (χ4v) is 1.25. The highest BCUT2D eigenvalue weighted by molar-refractivity contribution is 5.20.